The van der Waals surface area contributed by atoms with Gasteiger partial charge in [-0.25, -0.2) is 0 Å². The normalized spacial score (nSPS) is 25.7. The summed E-state index contributed by atoms with van der Waals surface area (Å²) in [6.45, 7) is 6.01. The summed E-state index contributed by atoms with van der Waals surface area (Å²) >= 11 is 0. The van der Waals surface area contributed by atoms with Gasteiger partial charge < -0.3 is 19.1 Å². The molecule has 196 valence electrons. The van der Waals surface area contributed by atoms with Crippen LogP contribution in [0.25, 0.3) is 0 Å². The molecular formula is C26H32F3N3O4. The lowest BCUT2D eigenvalue weighted by atomic mass is 9.74. The molecule has 2 fully saturated rings. The number of rotatable bonds is 4. The van der Waals surface area contributed by atoms with Gasteiger partial charge in [-0.2, -0.15) is 18.3 Å². The highest BCUT2D eigenvalue weighted by atomic mass is 19.4. The third-order valence-electron chi connectivity index (χ3n) is 8.46. The van der Waals surface area contributed by atoms with Gasteiger partial charge in [-0.1, -0.05) is 13.8 Å². The van der Waals surface area contributed by atoms with E-state index in [9.17, 15) is 22.8 Å². The van der Waals surface area contributed by atoms with Gasteiger partial charge in [-0.05, 0) is 69.3 Å². The number of ether oxygens (including phenoxy) is 1. The first kappa shape index (κ1) is 24.9. The second-order valence-electron chi connectivity index (χ2n) is 10.7. The zero-order chi connectivity index (χ0) is 25.7. The standard InChI is InChI=1S/C26H32F3N3O4/c1-16(2)25(24(34)32-14-18-11-19(26(27,28)29)3-4-21(18)35-15-32)8-5-20(13-25)31-9-6-17(7-10-31)22-12-23(33)30-36-22/h3-4,11-12,16-17,20H,5-10,13-15H2,1-2H3,(H,30,33)/t20?,25-/m0/s1. The van der Waals surface area contributed by atoms with Gasteiger partial charge in [0.05, 0.1) is 17.5 Å². The number of hydrogen-bond acceptors (Lipinski definition) is 5. The zero-order valence-corrected chi connectivity index (χ0v) is 20.6. The molecule has 5 rings (SSSR count). The summed E-state index contributed by atoms with van der Waals surface area (Å²) < 4.78 is 50.7. The van der Waals surface area contributed by atoms with Gasteiger partial charge in [0, 0.05) is 23.6 Å². The number of amides is 1. The smallest absolute Gasteiger partial charge is 0.416 e. The molecule has 1 saturated heterocycles. The summed E-state index contributed by atoms with van der Waals surface area (Å²) in [5.74, 6) is 1.37. The number of nitrogens with one attached hydrogen (secondary N) is 1. The Morgan fingerprint density at radius 2 is 1.92 bits per heavy atom. The second kappa shape index (κ2) is 9.28. The van der Waals surface area contributed by atoms with E-state index in [1.807, 2.05) is 0 Å². The molecule has 3 aliphatic rings. The molecule has 1 aromatic heterocycles. The molecule has 0 spiro atoms. The first-order valence-corrected chi connectivity index (χ1v) is 12.6. The van der Waals surface area contributed by atoms with E-state index in [0.717, 1.165) is 57.3 Å². The van der Waals surface area contributed by atoms with Crippen molar-refractivity contribution < 1.29 is 27.2 Å². The maximum atomic E-state index is 13.9. The van der Waals surface area contributed by atoms with Crippen molar-refractivity contribution in [2.24, 2.45) is 11.3 Å². The average Bonchev–Trinajstić information content (AvgIpc) is 3.50. The van der Waals surface area contributed by atoms with Crippen molar-refractivity contribution in [1.82, 2.24) is 15.0 Å². The molecule has 36 heavy (non-hydrogen) atoms. The fraction of sp³-hybridized carbons (Fsp3) is 0.615. The van der Waals surface area contributed by atoms with E-state index < -0.39 is 17.2 Å². The molecule has 2 aliphatic heterocycles. The van der Waals surface area contributed by atoms with Crippen LogP contribution < -0.4 is 10.3 Å². The van der Waals surface area contributed by atoms with Crippen LogP contribution in [0.3, 0.4) is 0 Å². The molecule has 3 heterocycles. The molecule has 0 bridgehead atoms. The molecule has 1 N–H and O–H groups in total. The summed E-state index contributed by atoms with van der Waals surface area (Å²) in [4.78, 5) is 29.3. The minimum atomic E-state index is -4.45. The van der Waals surface area contributed by atoms with Crippen LogP contribution in [0.15, 0.2) is 33.6 Å². The van der Waals surface area contributed by atoms with Crippen molar-refractivity contribution in [3.05, 3.63) is 51.5 Å². The van der Waals surface area contributed by atoms with Crippen molar-refractivity contribution in [2.45, 2.75) is 70.6 Å². The predicted molar refractivity (Wildman–Crippen MR) is 125 cm³/mol. The highest BCUT2D eigenvalue weighted by Gasteiger charge is 2.51. The number of piperidine rings is 1. The lowest BCUT2D eigenvalue weighted by Gasteiger charge is -2.41. The van der Waals surface area contributed by atoms with Crippen molar-refractivity contribution in [1.29, 1.82) is 0 Å². The molecule has 2 atom stereocenters. The van der Waals surface area contributed by atoms with E-state index in [-0.39, 0.29) is 42.6 Å². The third-order valence-corrected chi connectivity index (χ3v) is 8.46. The summed E-state index contributed by atoms with van der Waals surface area (Å²) in [7, 11) is 0. The Bertz CT molecular complexity index is 1170. The van der Waals surface area contributed by atoms with E-state index >= 15 is 0 Å². The van der Waals surface area contributed by atoms with Crippen molar-refractivity contribution in [3.63, 3.8) is 0 Å². The number of nitrogens with zero attached hydrogens (tertiary/aromatic N) is 2. The molecule has 1 aliphatic carbocycles. The Labute approximate surface area is 207 Å². The average molecular weight is 508 g/mol. The van der Waals surface area contributed by atoms with Gasteiger partial charge in [-0.15, -0.1) is 0 Å². The minimum Gasteiger partial charge on any atom is -0.473 e. The fourth-order valence-electron chi connectivity index (χ4n) is 6.24. The van der Waals surface area contributed by atoms with Crippen LogP contribution in [0.1, 0.15) is 68.8 Å². The summed E-state index contributed by atoms with van der Waals surface area (Å²) in [5.41, 5.74) is -1.14. The van der Waals surface area contributed by atoms with Crippen LogP contribution in [0.4, 0.5) is 13.2 Å². The van der Waals surface area contributed by atoms with E-state index in [2.05, 4.69) is 23.9 Å². The van der Waals surface area contributed by atoms with Gasteiger partial charge in [0.1, 0.15) is 11.5 Å². The molecular weight excluding hydrogens is 475 g/mol. The maximum absolute atomic E-state index is 13.9. The van der Waals surface area contributed by atoms with Crippen molar-refractivity contribution in [3.8, 4) is 5.75 Å². The fourth-order valence-corrected chi connectivity index (χ4v) is 6.24. The molecule has 2 aromatic rings. The lowest BCUT2D eigenvalue weighted by molar-refractivity contribution is -0.150. The van der Waals surface area contributed by atoms with Crippen LogP contribution in [-0.4, -0.2) is 46.7 Å². The van der Waals surface area contributed by atoms with Gasteiger partial charge in [0.2, 0.25) is 5.91 Å². The number of carbonyl (C=O) groups is 1. The third kappa shape index (κ3) is 4.55. The monoisotopic (exact) mass is 507 g/mol. The number of likely N-dealkylation sites (tertiary alicyclic amines) is 1. The predicted octanol–water partition coefficient (Wildman–Crippen LogP) is 4.74. The molecule has 1 amide bonds. The molecule has 10 heteroatoms. The summed E-state index contributed by atoms with van der Waals surface area (Å²) in [6, 6.07) is 5.23. The Balaban J connectivity index is 1.27. The first-order valence-electron chi connectivity index (χ1n) is 12.6. The highest BCUT2D eigenvalue weighted by Crippen LogP contribution is 2.49. The van der Waals surface area contributed by atoms with E-state index in [1.165, 1.54) is 12.1 Å². The second-order valence-corrected chi connectivity index (χ2v) is 10.7. The number of hydrogen-bond donors (Lipinski definition) is 1. The SMILES string of the molecule is CC(C)[C@]1(C(=O)N2COc3ccc(C(F)(F)F)cc3C2)CCC(N2CCC(c3cc(=O)[nH]o3)CC2)C1. The topological polar surface area (TPSA) is 78.8 Å². The Morgan fingerprint density at radius 3 is 2.56 bits per heavy atom. The molecule has 7 nitrogen and oxygen atoms in total. The Hall–Kier alpha value is -2.75. The Kier molecular flexibility index (Phi) is 6.43. The quantitative estimate of drug-likeness (QED) is 0.647. The van der Waals surface area contributed by atoms with Crippen LogP contribution >= 0.6 is 0 Å². The van der Waals surface area contributed by atoms with Gasteiger partial charge >= 0.3 is 6.18 Å². The van der Waals surface area contributed by atoms with Crippen molar-refractivity contribution in [2.75, 3.05) is 19.8 Å². The number of benzene rings is 1. The maximum Gasteiger partial charge on any atom is 0.416 e. The number of aromatic amines is 1. The van der Waals surface area contributed by atoms with Crippen LogP contribution in [0.5, 0.6) is 5.75 Å². The van der Waals surface area contributed by atoms with Crippen LogP contribution in [0.2, 0.25) is 0 Å². The van der Waals surface area contributed by atoms with E-state index in [0.29, 0.717) is 17.1 Å². The number of halogens is 3. The van der Waals surface area contributed by atoms with E-state index in [4.69, 9.17) is 9.26 Å². The first-order chi connectivity index (χ1) is 17.1. The van der Waals surface area contributed by atoms with Crippen LogP contribution in [0, 0.1) is 11.3 Å². The number of carbonyl (C=O) groups excluding carboxylic acids is 1. The molecule has 1 unspecified atom stereocenters. The number of H-pyrrole nitrogens is 1. The molecule has 0 radical (unpaired) electrons. The molecule has 1 aromatic carbocycles. The molecule has 1 saturated carbocycles. The lowest BCUT2D eigenvalue weighted by Crippen LogP contribution is -2.49. The number of fused-ring (bicyclic) bond motifs is 1. The van der Waals surface area contributed by atoms with Gasteiger partial charge in [0.15, 0.2) is 6.73 Å². The number of aromatic nitrogens is 1. The van der Waals surface area contributed by atoms with Crippen LogP contribution in [-0.2, 0) is 17.5 Å². The van der Waals surface area contributed by atoms with Crippen molar-refractivity contribution >= 4 is 5.91 Å². The number of alkyl halides is 3. The zero-order valence-electron chi connectivity index (χ0n) is 20.6. The Morgan fingerprint density at radius 1 is 1.17 bits per heavy atom. The van der Waals surface area contributed by atoms with Gasteiger partial charge in [0.25, 0.3) is 5.56 Å². The summed E-state index contributed by atoms with van der Waals surface area (Å²) in [6.07, 6.45) is -0.307. The van der Waals surface area contributed by atoms with Gasteiger partial charge in [-0.3, -0.25) is 9.59 Å². The summed E-state index contributed by atoms with van der Waals surface area (Å²) in [5, 5.41) is 2.36. The highest BCUT2D eigenvalue weighted by molar-refractivity contribution is 5.83. The van der Waals surface area contributed by atoms with E-state index in [1.54, 1.807) is 4.90 Å². The largest absolute Gasteiger partial charge is 0.473 e. The minimum absolute atomic E-state index is 0.0351.